The fraction of sp³-hybridized carbons (Fsp3) is 0.600. The molecule has 1 rings (SSSR count). The van der Waals surface area contributed by atoms with Crippen molar-refractivity contribution in [3.8, 4) is 0 Å². The summed E-state index contributed by atoms with van der Waals surface area (Å²) in [5.74, 6) is -0.798. The zero-order valence-electron chi connectivity index (χ0n) is 10.0. The van der Waals surface area contributed by atoms with Gasteiger partial charge in [-0.15, -0.1) is 0 Å². The summed E-state index contributed by atoms with van der Waals surface area (Å²) >= 11 is 0. The number of carbonyl (C=O) groups excluding carboxylic acids is 1. The average molecular weight is 240 g/mol. The third kappa shape index (κ3) is 3.54. The predicted octanol–water partition coefficient (Wildman–Crippen LogP) is 0.483. The number of aromatic nitrogens is 3. The van der Waals surface area contributed by atoms with Gasteiger partial charge in [-0.2, -0.15) is 5.10 Å². The van der Waals surface area contributed by atoms with Gasteiger partial charge in [-0.3, -0.25) is 14.7 Å². The Balaban J connectivity index is 2.53. The van der Waals surface area contributed by atoms with E-state index in [1.807, 2.05) is 0 Å². The maximum Gasteiger partial charge on any atom is 0.309 e. The Morgan fingerprint density at radius 3 is 2.71 bits per heavy atom. The van der Waals surface area contributed by atoms with E-state index >= 15 is 0 Å². The van der Waals surface area contributed by atoms with E-state index in [9.17, 15) is 9.59 Å². The van der Waals surface area contributed by atoms with Crippen LogP contribution in [0.2, 0.25) is 0 Å². The van der Waals surface area contributed by atoms with Crippen LogP contribution >= 0.6 is 0 Å². The highest BCUT2D eigenvalue weighted by molar-refractivity contribution is 5.84. The maximum absolute atomic E-state index is 11.6. The van der Waals surface area contributed by atoms with Crippen LogP contribution < -0.4 is 5.32 Å². The Bertz CT molecular complexity index is 400. The minimum Gasteiger partial charge on any atom is -0.481 e. The van der Waals surface area contributed by atoms with Gasteiger partial charge in [-0.1, -0.05) is 0 Å². The highest BCUT2D eigenvalue weighted by Crippen LogP contribution is 2.20. The number of carboxylic acids is 1. The second-order valence-electron chi connectivity index (χ2n) is 4.53. The van der Waals surface area contributed by atoms with Crippen LogP contribution in [0.5, 0.6) is 0 Å². The number of rotatable bonds is 5. The van der Waals surface area contributed by atoms with E-state index in [0.717, 1.165) is 0 Å². The van der Waals surface area contributed by atoms with Gasteiger partial charge in [0.15, 0.2) is 0 Å². The van der Waals surface area contributed by atoms with Gasteiger partial charge in [0.25, 0.3) is 0 Å². The predicted molar refractivity (Wildman–Crippen MR) is 59.0 cm³/mol. The standard InChI is InChI=1S/C10H16N4O3/c1-6(8-11-5-12-14-8)13-7(15)4-10(2,3)9(16)17/h5-6H,4H2,1-3H3,(H,13,15)(H,16,17)(H,11,12,14). The van der Waals surface area contributed by atoms with E-state index in [1.165, 1.54) is 20.2 Å². The Morgan fingerprint density at radius 1 is 1.59 bits per heavy atom. The number of aromatic amines is 1. The van der Waals surface area contributed by atoms with Gasteiger partial charge in [0, 0.05) is 6.42 Å². The van der Waals surface area contributed by atoms with Crippen LogP contribution in [0.15, 0.2) is 6.33 Å². The lowest BCUT2D eigenvalue weighted by Crippen LogP contribution is -2.34. The van der Waals surface area contributed by atoms with Gasteiger partial charge in [-0.25, -0.2) is 4.98 Å². The summed E-state index contributed by atoms with van der Waals surface area (Å²) in [6.45, 7) is 4.76. The molecule has 0 aliphatic carbocycles. The molecule has 1 amide bonds. The topological polar surface area (TPSA) is 108 Å². The molecule has 0 radical (unpaired) electrons. The van der Waals surface area contributed by atoms with Crippen molar-refractivity contribution >= 4 is 11.9 Å². The van der Waals surface area contributed by atoms with Crippen molar-refractivity contribution in [1.82, 2.24) is 20.5 Å². The Labute approximate surface area is 98.6 Å². The second kappa shape index (κ2) is 4.94. The zero-order chi connectivity index (χ0) is 13.1. The number of H-pyrrole nitrogens is 1. The molecule has 0 spiro atoms. The fourth-order valence-corrected chi connectivity index (χ4v) is 1.26. The first-order valence-corrected chi connectivity index (χ1v) is 5.21. The van der Waals surface area contributed by atoms with Crippen LogP contribution in [0.3, 0.4) is 0 Å². The minimum absolute atomic E-state index is 0.0825. The smallest absolute Gasteiger partial charge is 0.309 e. The molecule has 7 heteroatoms. The number of carbonyl (C=O) groups is 2. The molecule has 17 heavy (non-hydrogen) atoms. The number of nitrogens with zero attached hydrogens (tertiary/aromatic N) is 2. The highest BCUT2D eigenvalue weighted by Gasteiger charge is 2.30. The SMILES string of the molecule is CC(NC(=O)CC(C)(C)C(=O)O)c1ncn[nH]1. The van der Waals surface area contributed by atoms with E-state index < -0.39 is 11.4 Å². The molecule has 1 heterocycles. The molecule has 0 aromatic carbocycles. The number of carboxylic acid groups (broad SMARTS) is 1. The molecule has 0 saturated carbocycles. The summed E-state index contributed by atoms with van der Waals surface area (Å²) in [6.07, 6.45) is 1.26. The lowest BCUT2D eigenvalue weighted by atomic mass is 9.89. The van der Waals surface area contributed by atoms with Crippen molar-refractivity contribution in [1.29, 1.82) is 0 Å². The van der Waals surface area contributed by atoms with Gasteiger partial charge >= 0.3 is 5.97 Å². The van der Waals surface area contributed by atoms with Crippen LogP contribution in [0.4, 0.5) is 0 Å². The number of hydrogen-bond acceptors (Lipinski definition) is 4. The highest BCUT2D eigenvalue weighted by atomic mass is 16.4. The van der Waals surface area contributed by atoms with Gasteiger partial charge < -0.3 is 10.4 Å². The molecule has 1 aromatic rings. The third-order valence-corrected chi connectivity index (χ3v) is 2.40. The van der Waals surface area contributed by atoms with Crippen molar-refractivity contribution in [2.45, 2.75) is 33.2 Å². The summed E-state index contributed by atoms with van der Waals surface area (Å²) in [5.41, 5.74) is -1.08. The molecule has 1 atom stereocenters. The molecule has 1 unspecified atom stereocenters. The monoisotopic (exact) mass is 240 g/mol. The molecule has 1 aromatic heterocycles. The Kier molecular flexibility index (Phi) is 3.82. The van der Waals surface area contributed by atoms with E-state index in [-0.39, 0.29) is 18.4 Å². The molecule has 0 fully saturated rings. The average Bonchev–Trinajstić information content (AvgIpc) is 2.68. The number of hydrogen-bond donors (Lipinski definition) is 3. The second-order valence-corrected chi connectivity index (χ2v) is 4.53. The van der Waals surface area contributed by atoms with Crippen LogP contribution in [0.1, 0.15) is 39.1 Å². The summed E-state index contributed by atoms with van der Waals surface area (Å²) in [5, 5.41) is 17.9. The summed E-state index contributed by atoms with van der Waals surface area (Å²) < 4.78 is 0. The van der Waals surface area contributed by atoms with Crippen molar-refractivity contribution in [3.63, 3.8) is 0 Å². The molecular formula is C10H16N4O3. The lowest BCUT2D eigenvalue weighted by Gasteiger charge is -2.19. The van der Waals surface area contributed by atoms with E-state index in [4.69, 9.17) is 5.11 Å². The summed E-state index contributed by atoms with van der Waals surface area (Å²) in [6, 6.07) is -0.324. The molecule has 0 aliphatic rings. The zero-order valence-corrected chi connectivity index (χ0v) is 10.0. The van der Waals surface area contributed by atoms with Gasteiger partial charge in [0.2, 0.25) is 5.91 Å². The van der Waals surface area contributed by atoms with Crippen molar-refractivity contribution in [3.05, 3.63) is 12.2 Å². The van der Waals surface area contributed by atoms with Crippen LogP contribution in [0.25, 0.3) is 0 Å². The first kappa shape index (κ1) is 13.1. The number of amides is 1. The van der Waals surface area contributed by atoms with Gasteiger partial charge in [0.1, 0.15) is 12.2 Å². The summed E-state index contributed by atoms with van der Waals surface area (Å²) in [7, 11) is 0. The quantitative estimate of drug-likeness (QED) is 0.693. The molecule has 0 bridgehead atoms. The Morgan fingerprint density at radius 2 is 2.24 bits per heavy atom. The number of nitrogens with one attached hydrogen (secondary N) is 2. The van der Waals surface area contributed by atoms with Crippen LogP contribution in [-0.2, 0) is 9.59 Å². The van der Waals surface area contributed by atoms with E-state index in [0.29, 0.717) is 5.82 Å². The van der Waals surface area contributed by atoms with Crippen molar-refractivity contribution in [2.75, 3.05) is 0 Å². The van der Waals surface area contributed by atoms with Crippen LogP contribution in [-0.4, -0.2) is 32.2 Å². The van der Waals surface area contributed by atoms with E-state index in [2.05, 4.69) is 20.5 Å². The fourth-order valence-electron chi connectivity index (χ4n) is 1.26. The van der Waals surface area contributed by atoms with Crippen LogP contribution in [0, 0.1) is 5.41 Å². The van der Waals surface area contributed by atoms with Gasteiger partial charge in [0.05, 0.1) is 11.5 Å². The normalized spacial score (nSPS) is 13.1. The summed E-state index contributed by atoms with van der Waals surface area (Å²) in [4.78, 5) is 26.4. The molecular weight excluding hydrogens is 224 g/mol. The minimum atomic E-state index is -1.08. The van der Waals surface area contributed by atoms with Gasteiger partial charge in [-0.05, 0) is 20.8 Å². The third-order valence-electron chi connectivity index (χ3n) is 2.40. The maximum atomic E-state index is 11.6. The largest absolute Gasteiger partial charge is 0.481 e. The van der Waals surface area contributed by atoms with Crippen molar-refractivity contribution < 1.29 is 14.7 Å². The first-order chi connectivity index (χ1) is 7.83. The number of aliphatic carboxylic acids is 1. The molecule has 94 valence electrons. The lowest BCUT2D eigenvalue weighted by molar-refractivity contribution is -0.149. The molecule has 7 nitrogen and oxygen atoms in total. The molecule has 3 N–H and O–H groups in total. The van der Waals surface area contributed by atoms with E-state index in [1.54, 1.807) is 6.92 Å². The Hall–Kier alpha value is -1.92. The molecule has 0 aliphatic heterocycles. The van der Waals surface area contributed by atoms with Crippen molar-refractivity contribution in [2.24, 2.45) is 5.41 Å². The molecule has 0 saturated heterocycles. The first-order valence-electron chi connectivity index (χ1n) is 5.21.